The Balaban J connectivity index is 3.20. The van der Waals surface area contributed by atoms with Crippen molar-refractivity contribution in [2.45, 2.75) is 0 Å². The quantitative estimate of drug-likeness (QED) is 0.404. The molecule has 0 unspecified atom stereocenters. The molecule has 1 rings (SSSR count). The maximum Gasteiger partial charge on any atom is 0.148 e. The normalized spacial score (nSPS) is 9.15. The van der Waals surface area contributed by atoms with Gasteiger partial charge in [-0.2, -0.15) is 0 Å². The van der Waals surface area contributed by atoms with E-state index < -0.39 is 5.82 Å². The smallest absolute Gasteiger partial charge is 0.148 e. The summed E-state index contributed by atoms with van der Waals surface area (Å²) in [5.74, 6) is 4.79. The lowest BCUT2D eigenvalue weighted by molar-refractivity contribution is 0.632. The molecule has 0 spiro atoms. The van der Waals surface area contributed by atoms with E-state index in [1.807, 2.05) is 0 Å². The van der Waals surface area contributed by atoms with Crippen LogP contribution >= 0.6 is 23.2 Å². The summed E-state index contributed by atoms with van der Waals surface area (Å²) in [6.07, 6.45) is 0. The minimum Gasteiger partial charge on any atom is -0.395 e. The highest BCUT2D eigenvalue weighted by atomic mass is 35.5. The van der Waals surface area contributed by atoms with Gasteiger partial charge in [-0.05, 0) is 12.1 Å². The van der Waals surface area contributed by atoms with Crippen molar-refractivity contribution in [2.75, 3.05) is 11.6 Å². The van der Waals surface area contributed by atoms with Gasteiger partial charge in [-0.1, -0.05) is 23.4 Å². The second-order valence-electron chi connectivity index (χ2n) is 2.28. The molecule has 0 atom stereocenters. The molecule has 2 N–H and O–H groups in total. The SMILES string of the molecule is Nc1c(F)cc(Cl)cc1C#CCCl. The summed E-state index contributed by atoms with van der Waals surface area (Å²) in [6, 6.07) is 2.64. The van der Waals surface area contributed by atoms with Crippen LogP contribution in [-0.2, 0) is 0 Å². The highest BCUT2D eigenvalue weighted by molar-refractivity contribution is 6.30. The summed E-state index contributed by atoms with van der Waals surface area (Å²) in [4.78, 5) is 0. The topological polar surface area (TPSA) is 26.0 Å². The number of hydrogen-bond acceptors (Lipinski definition) is 1. The molecule has 1 aromatic carbocycles. The van der Waals surface area contributed by atoms with Crippen LogP contribution in [0.1, 0.15) is 5.56 Å². The minimum atomic E-state index is -0.564. The molecule has 0 aliphatic heterocycles. The van der Waals surface area contributed by atoms with Gasteiger partial charge in [0.05, 0.1) is 17.1 Å². The van der Waals surface area contributed by atoms with Gasteiger partial charge in [-0.3, -0.25) is 0 Å². The number of alkyl halides is 1. The fourth-order valence-corrected chi connectivity index (χ4v) is 1.09. The average molecular weight is 218 g/mol. The van der Waals surface area contributed by atoms with Crippen LogP contribution in [0.2, 0.25) is 5.02 Å². The van der Waals surface area contributed by atoms with Crippen molar-refractivity contribution in [3.05, 3.63) is 28.5 Å². The molecule has 1 nitrogen and oxygen atoms in total. The van der Waals surface area contributed by atoms with E-state index in [0.717, 1.165) is 6.07 Å². The second-order valence-corrected chi connectivity index (χ2v) is 2.99. The first-order valence-electron chi connectivity index (χ1n) is 3.44. The van der Waals surface area contributed by atoms with Crippen LogP contribution in [-0.4, -0.2) is 5.88 Å². The highest BCUT2D eigenvalue weighted by Gasteiger charge is 2.04. The molecule has 0 bridgehead atoms. The third-order valence-corrected chi connectivity index (χ3v) is 1.74. The van der Waals surface area contributed by atoms with Gasteiger partial charge in [0.2, 0.25) is 0 Å². The molecule has 1 aromatic rings. The third-order valence-electron chi connectivity index (χ3n) is 1.38. The minimum absolute atomic E-state index is 0.00187. The fourth-order valence-electron chi connectivity index (χ4n) is 0.817. The second kappa shape index (κ2) is 4.36. The van der Waals surface area contributed by atoms with Gasteiger partial charge in [0.1, 0.15) is 5.82 Å². The molecule has 0 saturated heterocycles. The Labute approximate surface area is 85.6 Å². The summed E-state index contributed by atoms with van der Waals surface area (Å²) in [7, 11) is 0. The molecule has 0 aliphatic carbocycles. The Morgan fingerprint density at radius 3 is 2.77 bits per heavy atom. The van der Waals surface area contributed by atoms with E-state index >= 15 is 0 Å². The van der Waals surface area contributed by atoms with E-state index in [-0.39, 0.29) is 16.6 Å². The molecule has 0 radical (unpaired) electrons. The van der Waals surface area contributed by atoms with E-state index in [9.17, 15) is 4.39 Å². The molecule has 0 heterocycles. The number of halogens is 3. The Kier molecular flexibility index (Phi) is 3.41. The standard InChI is InChI=1S/C9H6Cl2FN/c10-3-1-2-6-4-7(11)5-8(12)9(6)13/h4-5H,3,13H2. The van der Waals surface area contributed by atoms with Crippen LogP contribution in [0.15, 0.2) is 12.1 Å². The first-order chi connectivity index (χ1) is 6.15. The summed E-state index contributed by atoms with van der Waals surface area (Å²) < 4.78 is 13.0. The lowest BCUT2D eigenvalue weighted by Gasteiger charge is -2.00. The largest absolute Gasteiger partial charge is 0.395 e. The van der Waals surface area contributed by atoms with Crippen LogP contribution in [0, 0.1) is 17.7 Å². The molecule has 4 heteroatoms. The predicted octanol–water partition coefficient (Wildman–Crippen LogP) is 2.65. The predicted molar refractivity (Wildman–Crippen MR) is 53.4 cm³/mol. The lowest BCUT2D eigenvalue weighted by atomic mass is 10.2. The first-order valence-corrected chi connectivity index (χ1v) is 4.35. The van der Waals surface area contributed by atoms with E-state index in [1.165, 1.54) is 6.07 Å². The van der Waals surface area contributed by atoms with Crippen LogP contribution in [0.4, 0.5) is 10.1 Å². The van der Waals surface area contributed by atoms with Gasteiger partial charge < -0.3 is 5.73 Å². The van der Waals surface area contributed by atoms with Gasteiger partial charge in [0, 0.05) is 5.02 Å². The zero-order valence-electron chi connectivity index (χ0n) is 6.57. The molecular formula is C9H6Cl2FN. The number of nitrogens with two attached hydrogens (primary N) is 1. The molecule has 0 fully saturated rings. The van der Waals surface area contributed by atoms with Gasteiger partial charge in [0.15, 0.2) is 0 Å². The summed E-state index contributed by atoms with van der Waals surface area (Å²) in [5, 5.41) is 0.269. The van der Waals surface area contributed by atoms with E-state index in [2.05, 4.69) is 11.8 Å². The number of rotatable bonds is 0. The maximum atomic E-state index is 13.0. The molecule has 0 aliphatic rings. The monoisotopic (exact) mass is 217 g/mol. The van der Waals surface area contributed by atoms with Crippen LogP contribution < -0.4 is 5.73 Å². The number of nitrogen functional groups attached to an aromatic ring is 1. The van der Waals surface area contributed by atoms with Crippen molar-refractivity contribution in [1.82, 2.24) is 0 Å². The van der Waals surface area contributed by atoms with Crippen molar-refractivity contribution in [1.29, 1.82) is 0 Å². The number of hydrogen-bond donors (Lipinski definition) is 1. The van der Waals surface area contributed by atoms with Gasteiger partial charge in [-0.25, -0.2) is 4.39 Å². The molecule has 13 heavy (non-hydrogen) atoms. The van der Waals surface area contributed by atoms with Crippen molar-refractivity contribution in [2.24, 2.45) is 0 Å². The third kappa shape index (κ3) is 2.51. The van der Waals surface area contributed by atoms with Crippen molar-refractivity contribution in [3.8, 4) is 11.8 Å². The van der Waals surface area contributed by atoms with Gasteiger partial charge >= 0.3 is 0 Å². The van der Waals surface area contributed by atoms with E-state index in [0.29, 0.717) is 5.56 Å². The summed E-state index contributed by atoms with van der Waals surface area (Å²) >= 11 is 10.9. The number of benzene rings is 1. The zero-order chi connectivity index (χ0) is 9.84. The Bertz CT molecular complexity index is 379. The highest BCUT2D eigenvalue weighted by Crippen LogP contribution is 2.20. The van der Waals surface area contributed by atoms with Crippen LogP contribution in [0.3, 0.4) is 0 Å². The van der Waals surface area contributed by atoms with Gasteiger partial charge in [0.25, 0.3) is 0 Å². The lowest BCUT2D eigenvalue weighted by Crippen LogP contribution is -1.94. The Morgan fingerprint density at radius 1 is 1.46 bits per heavy atom. The van der Waals surface area contributed by atoms with Crippen molar-refractivity contribution >= 4 is 28.9 Å². The van der Waals surface area contributed by atoms with Crippen LogP contribution in [0.25, 0.3) is 0 Å². The molecule has 68 valence electrons. The van der Waals surface area contributed by atoms with Crippen LogP contribution in [0.5, 0.6) is 0 Å². The van der Waals surface area contributed by atoms with Crippen molar-refractivity contribution < 1.29 is 4.39 Å². The Hall–Kier alpha value is -0.910. The molecule has 0 aromatic heterocycles. The zero-order valence-corrected chi connectivity index (χ0v) is 8.08. The van der Waals surface area contributed by atoms with Gasteiger partial charge in [-0.15, -0.1) is 11.6 Å². The fraction of sp³-hybridized carbons (Fsp3) is 0.111. The van der Waals surface area contributed by atoms with E-state index in [1.54, 1.807) is 0 Å². The number of anilines is 1. The molecular weight excluding hydrogens is 212 g/mol. The van der Waals surface area contributed by atoms with Crippen molar-refractivity contribution in [3.63, 3.8) is 0 Å². The maximum absolute atomic E-state index is 13.0. The molecule has 0 amide bonds. The average Bonchev–Trinajstić information content (AvgIpc) is 2.09. The summed E-state index contributed by atoms with van der Waals surface area (Å²) in [5.41, 5.74) is 5.78. The van der Waals surface area contributed by atoms with E-state index in [4.69, 9.17) is 28.9 Å². The summed E-state index contributed by atoms with van der Waals surface area (Å²) in [6.45, 7) is 0. The first kappa shape index (κ1) is 10.2. The Morgan fingerprint density at radius 2 is 2.15 bits per heavy atom. The molecule has 0 saturated carbocycles.